The highest BCUT2D eigenvalue weighted by Gasteiger charge is 2.27. The number of rotatable bonds is 4. The molecule has 1 amide bonds. The van der Waals surface area contributed by atoms with Gasteiger partial charge in [0.1, 0.15) is 4.66 Å². The van der Waals surface area contributed by atoms with Crippen LogP contribution >= 0.6 is 11.3 Å². The maximum Gasteiger partial charge on any atom is 0.269 e. The van der Waals surface area contributed by atoms with Gasteiger partial charge in [0.25, 0.3) is 11.5 Å². The van der Waals surface area contributed by atoms with Gasteiger partial charge in [-0.1, -0.05) is 17.7 Å². The molecular formula is C23H21F2N3O2S. The summed E-state index contributed by atoms with van der Waals surface area (Å²) < 4.78 is 29.4. The van der Waals surface area contributed by atoms with Crippen molar-refractivity contribution in [1.29, 1.82) is 0 Å². The maximum atomic E-state index is 13.6. The Kier molecular flexibility index (Phi) is 5.60. The van der Waals surface area contributed by atoms with E-state index in [0.717, 1.165) is 23.3 Å². The lowest BCUT2D eigenvalue weighted by Gasteiger charge is -2.10. The topological polar surface area (TPSA) is 54.3 Å². The normalized spacial score (nSPS) is 15.5. The van der Waals surface area contributed by atoms with Crippen molar-refractivity contribution in [3.05, 3.63) is 84.3 Å². The summed E-state index contributed by atoms with van der Waals surface area (Å²) in [6.45, 7) is 2.93. The number of aromatic nitrogens is 1. The van der Waals surface area contributed by atoms with Crippen LogP contribution < -0.4 is 20.1 Å². The molecule has 0 aliphatic carbocycles. The number of aryl methyl sites for hydroxylation is 1. The highest BCUT2D eigenvalue weighted by molar-refractivity contribution is 7.07. The number of carbonyl (C=O) groups is 1. The van der Waals surface area contributed by atoms with Gasteiger partial charge < -0.3 is 10.2 Å². The summed E-state index contributed by atoms with van der Waals surface area (Å²) in [5.74, 6) is -2.19. The summed E-state index contributed by atoms with van der Waals surface area (Å²) >= 11 is 1.18. The zero-order valence-electron chi connectivity index (χ0n) is 17.3. The van der Waals surface area contributed by atoms with E-state index in [-0.39, 0.29) is 11.5 Å². The third-order valence-corrected chi connectivity index (χ3v) is 6.18. The molecule has 1 aromatic heterocycles. The number of benzene rings is 2. The lowest BCUT2D eigenvalue weighted by atomic mass is 10.1. The van der Waals surface area contributed by atoms with Crippen LogP contribution in [-0.2, 0) is 11.3 Å². The van der Waals surface area contributed by atoms with E-state index in [1.54, 1.807) is 4.57 Å². The number of nitrogens with zero attached hydrogens (tertiary/aromatic N) is 2. The Bertz CT molecular complexity index is 1370. The van der Waals surface area contributed by atoms with Gasteiger partial charge in [0.2, 0.25) is 0 Å². The van der Waals surface area contributed by atoms with Gasteiger partial charge >= 0.3 is 0 Å². The number of thiazole rings is 1. The van der Waals surface area contributed by atoms with E-state index < -0.39 is 11.6 Å². The minimum atomic E-state index is -0.979. The predicted molar refractivity (Wildman–Crippen MR) is 119 cm³/mol. The van der Waals surface area contributed by atoms with Crippen LogP contribution in [-0.4, -0.2) is 36.0 Å². The van der Waals surface area contributed by atoms with Crippen molar-refractivity contribution in [1.82, 2.24) is 9.47 Å². The van der Waals surface area contributed by atoms with E-state index in [9.17, 15) is 18.4 Å². The zero-order valence-corrected chi connectivity index (χ0v) is 18.1. The zero-order chi connectivity index (χ0) is 22.3. The summed E-state index contributed by atoms with van der Waals surface area (Å²) in [7, 11) is 3.80. The molecule has 4 rings (SSSR count). The molecule has 3 aromatic rings. The highest BCUT2D eigenvalue weighted by atomic mass is 32.1. The molecule has 2 heterocycles. The van der Waals surface area contributed by atoms with Crippen LogP contribution in [0.2, 0.25) is 0 Å². The van der Waals surface area contributed by atoms with Gasteiger partial charge in [-0.25, -0.2) is 8.78 Å². The van der Waals surface area contributed by atoms with Crippen LogP contribution in [0.3, 0.4) is 0 Å². The summed E-state index contributed by atoms with van der Waals surface area (Å²) in [5.41, 5.74) is 3.01. The molecule has 1 aliphatic heterocycles. The summed E-state index contributed by atoms with van der Waals surface area (Å²) in [6.07, 6.45) is 1.52. The van der Waals surface area contributed by atoms with Gasteiger partial charge in [0.15, 0.2) is 11.6 Å². The van der Waals surface area contributed by atoms with Gasteiger partial charge in [-0.05, 0) is 56.9 Å². The number of amides is 1. The van der Waals surface area contributed by atoms with Gasteiger partial charge in [-0.3, -0.25) is 14.2 Å². The number of hydrogen-bond acceptors (Lipinski definition) is 4. The van der Waals surface area contributed by atoms with E-state index in [1.165, 1.54) is 23.5 Å². The van der Waals surface area contributed by atoms with Gasteiger partial charge in [-0.15, -0.1) is 11.3 Å². The van der Waals surface area contributed by atoms with Crippen LogP contribution in [0.4, 0.5) is 14.5 Å². The molecule has 5 nitrogen and oxygen atoms in total. The summed E-state index contributed by atoms with van der Waals surface area (Å²) in [5, 5.41) is 2.86. The van der Waals surface area contributed by atoms with E-state index in [2.05, 4.69) is 5.32 Å². The smallest absolute Gasteiger partial charge is 0.269 e. The van der Waals surface area contributed by atoms with Crippen LogP contribution in [0.25, 0.3) is 11.6 Å². The number of fused-ring (bicyclic) bond motifs is 1. The Morgan fingerprint density at radius 1 is 1.10 bits per heavy atom. The van der Waals surface area contributed by atoms with E-state index >= 15 is 0 Å². The Labute approximate surface area is 181 Å². The Hall–Kier alpha value is -3.10. The first-order valence-electron chi connectivity index (χ1n) is 9.72. The first kappa shape index (κ1) is 21.1. The van der Waals surface area contributed by atoms with Gasteiger partial charge in [0, 0.05) is 24.3 Å². The number of likely N-dealkylation sites (N-methyl/N-ethyl adjacent to an activating group) is 1. The lowest BCUT2D eigenvalue weighted by molar-refractivity contribution is -0.110. The van der Waals surface area contributed by atoms with E-state index in [4.69, 9.17) is 0 Å². The van der Waals surface area contributed by atoms with Crippen LogP contribution in [0.1, 0.15) is 16.7 Å². The molecule has 0 saturated carbocycles. The van der Waals surface area contributed by atoms with Crippen LogP contribution in [0.5, 0.6) is 0 Å². The van der Waals surface area contributed by atoms with E-state index in [0.29, 0.717) is 39.1 Å². The molecule has 0 spiro atoms. The number of hydrogen-bond donors (Lipinski definition) is 1. The van der Waals surface area contributed by atoms with Crippen molar-refractivity contribution >= 4 is 34.6 Å². The number of carbonyl (C=O) groups excluding carboxylic acids is 1. The molecule has 0 radical (unpaired) electrons. The van der Waals surface area contributed by atoms with Crippen molar-refractivity contribution in [2.24, 2.45) is 0 Å². The fraction of sp³-hybridized carbons (Fsp3) is 0.217. The lowest BCUT2D eigenvalue weighted by Crippen LogP contribution is -2.36. The Morgan fingerprint density at radius 3 is 2.58 bits per heavy atom. The molecule has 160 valence electrons. The van der Waals surface area contributed by atoms with Crippen LogP contribution in [0, 0.1) is 18.6 Å². The first-order chi connectivity index (χ1) is 14.7. The minimum absolute atomic E-state index is 0.264. The fourth-order valence-corrected chi connectivity index (χ4v) is 4.65. The van der Waals surface area contributed by atoms with Crippen molar-refractivity contribution < 1.29 is 13.6 Å². The third kappa shape index (κ3) is 4.08. The molecule has 0 bridgehead atoms. The molecule has 0 unspecified atom stereocenters. The van der Waals surface area contributed by atoms with Crippen LogP contribution in [0.15, 0.2) is 41.2 Å². The summed E-state index contributed by atoms with van der Waals surface area (Å²) in [4.78, 5) is 28.0. The largest absolute Gasteiger partial charge is 0.321 e. The predicted octanol–water partition coefficient (Wildman–Crippen LogP) is 2.04. The molecule has 2 aromatic carbocycles. The minimum Gasteiger partial charge on any atom is -0.321 e. The second kappa shape index (κ2) is 8.20. The molecule has 0 fully saturated rings. The molecule has 1 N–H and O–H groups in total. The molecule has 0 saturated heterocycles. The number of nitrogens with one attached hydrogen (secondary N) is 1. The van der Waals surface area contributed by atoms with Crippen molar-refractivity contribution in [2.75, 3.05) is 26.0 Å². The number of halogens is 2. The molecule has 1 aliphatic rings. The average molecular weight is 442 g/mol. The monoisotopic (exact) mass is 441 g/mol. The molecule has 8 heteroatoms. The third-order valence-electron chi connectivity index (χ3n) is 5.05. The Morgan fingerprint density at radius 2 is 1.87 bits per heavy atom. The molecule has 0 atom stereocenters. The van der Waals surface area contributed by atoms with Gasteiger partial charge in [-0.2, -0.15) is 0 Å². The fourth-order valence-electron chi connectivity index (χ4n) is 3.46. The quantitative estimate of drug-likeness (QED) is 0.674. The number of anilines is 1. The highest BCUT2D eigenvalue weighted by Crippen LogP contribution is 2.30. The van der Waals surface area contributed by atoms with Crippen molar-refractivity contribution in [3.63, 3.8) is 0 Å². The maximum absolute atomic E-state index is 13.6. The summed E-state index contributed by atoms with van der Waals surface area (Å²) in [6, 6.07) is 9.17. The second-order valence-electron chi connectivity index (χ2n) is 7.73. The van der Waals surface area contributed by atoms with Crippen molar-refractivity contribution in [2.45, 2.75) is 13.5 Å². The van der Waals surface area contributed by atoms with Crippen molar-refractivity contribution in [3.8, 4) is 0 Å². The average Bonchev–Trinajstić information content (AvgIpc) is 3.18. The first-order valence-corrected chi connectivity index (χ1v) is 10.5. The molecule has 31 heavy (non-hydrogen) atoms. The molecular weight excluding hydrogens is 420 g/mol. The van der Waals surface area contributed by atoms with Gasteiger partial charge in [0.05, 0.1) is 10.1 Å². The standard InChI is InChI=1S/C23H21F2N3O2S/c1-13-4-7-18-15(10-13)20(21(29)26-18)23-28(9-8-27(2)3)22(30)19(31-23)12-14-5-6-16(24)17(25)11-14/h4-7,10-12H,8-9H2,1-3H3,(H,26,29)/b19-12?,23-20-. The SMILES string of the molecule is Cc1ccc2c(c1)/C(=c1/sc(=Cc3ccc(F)c(F)c3)c(=O)n1CCN(C)C)C(=O)N2. The second-order valence-corrected chi connectivity index (χ2v) is 8.76. The van der Waals surface area contributed by atoms with E-state index in [1.807, 2.05) is 44.1 Å². The Balaban J connectivity index is 2.00.